The Balaban J connectivity index is 1.49. The summed E-state index contributed by atoms with van der Waals surface area (Å²) in [7, 11) is 2.15. The SMILES string of the molecule is CN1Cc2ccc(OCCN3CCOCC3)cc2C1. The lowest BCUT2D eigenvalue weighted by Gasteiger charge is -2.26. The third-order valence-electron chi connectivity index (χ3n) is 3.84. The topological polar surface area (TPSA) is 24.9 Å². The molecule has 2 aliphatic rings. The lowest BCUT2D eigenvalue weighted by Crippen LogP contribution is -2.38. The van der Waals surface area contributed by atoms with Crippen LogP contribution in [0.3, 0.4) is 0 Å². The molecule has 1 aromatic carbocycles. The Morgan fingerprint density at radius 2 is 1.95 bits per heavy atom. The zero-order valence-electron chi connectivity index (χ0n) is 11.6. The van der Waals surface area contributed by atoms with Crippen LogP contribution in [0, 0.1) is 0 Å². The van der Waals surface area contributed by atoms with Crippen LogP contribution in [0.4, 0.5) is 0 Å². The zero-order valence-corrected chi connectivity index (χ0v) is 11.6. The molecule has 2 heterocycles. The smallest absolute Gasteiger partial charge is 0.119 e. The highest BCUT2D eigenvalue weighted by molar-refractivity contribution is 5.37. The second-order valence-corrected chi connectivity index (χ2v) is 5.41. The summed E-state index contributed by atoms with van der Waals surface area (Å²) in [5, 5.41) is 0. The maximum absolute atomic E-state index is 5.87. The van der Waals surface area contributed by atoms with Gasteiger partial charge < -0.3 is 9.47 Å². The van der Waals surface area contributed by atoms with Gasteiger partial charge in [0.1, 0.15) is 12.4 Å². The molecule has 1 fully saturated rings. The Morgan fingerprint density at radius 3 is 2.79 bits per heavy atom. The third-order valence-corrected chi connectivity index (χ3v) is 3.84. The molecule has 0 unspecified atom stereocenters. The lowest BCUT2D eigenvalue weighted by atomic mass is 10.1. The van der Waals surface area contributed by atoms with Crippen molar-refractivity contribution in [2.45, 2.75) is 13.1 Å². The largest absolute Gasteiger partial charge is 0.492 e. The van der Waals surface area contributed by atoms with E-state index in [1.807, 2.05) is 0 Å². The third kappa shape index (κ3) is 3.26. The number of nitrogens with zero attached hydrogens (tertiary/aromatic N) is 2. The molecule has 0 aliphatic carbocycles. The summed E-state index contributed by atoms with van der Waals surface area (Å²) in [6.45, 7) is 7.60. The Labute approximate surface area is 114 Å². The fourth-order valence-corrected chi connectivity index (χ4v) is 2.75. The Morgan fingerprint density at radius 1 is 1.16 bits per heavy atom. The number of fused-ring (bicyclic) bond motifs is 1. The van der Waals surface area contributed by atoms with Crippen LogP contribution in [0.25, 0.3) is 0 Å². The first kappa shape index (κ1) is 12.9. The van der Waals surface area contributed by atoms with Crippen molar-refractivity contribution in [1.29, 1.82) is 0 Å². The highest BCUT2D eigenvalue weighted by atomic mass is 16.5. The molecule has 0 aromatic heterocycles. The van der Waals surface area contributed by atoms with E-state index in [-0.39, 0.29) is 0 Å². The molecule has 0 amide bonds. The molecule has 4 heteroatoms. The molecular weight excluding hydrogens is 240 g/mol. The highest BCUT2D eigenvalue weighted by Crippen LogP contribution is 2.25. The number of hydrogen-bond acceptors (Lipinski definition) is 4. The van der Waals surface area contributed by atoms with E-state index in [4.69, 9.17) is 9.47 Å². The average molecular weight is 262 g/mol. The minimum Gasteiger partial charge on any atom is -0.492 e. The molecular formula is C15H22N2O2. The van der Waals surface area contributed by atoms with E-state index in [1.54, 1.807) is 0 Å². The van der Waals surface area contributed by atoms with Crippen molar-refractivity contribution in [1.82, 2.24) is 9.80 Å². The van der Waals surface area contributed by atoms with E-state index in [9.17, 15) is 0 Å². The summed E-state index contributed by atoms with van der Waals surface area (Å²) in [5.41, 5.74) is 2.84. The van der Waals surface area contributed by atoms with Crippen LogP contribution in [0.2, 0.25) is 0 Å². The molecule has 0 spiro atoms. The van der Waals surface area contributed by atoms with Gasteiger partial charge in [0.15, 0.2) is 0 Å². The second kappa shape index (κ2) is 5.90. The molecule has 0 atom stereocenters. The van der Waals surface area contributed by atoms with Crippen LogP contribution in [0.15, 0.2) is 18.2 Å². The normalized spacial score (nSPS) is 20.5. The summed E-state index contributed by atoms with van der Waals surface area (Å²) in [4.78, 5) is 4.72. The average Bonchev–Trinajstić information content (AvgIpc) is 2.79. The van der Waals surface area contributed by atoms with Gasteiger partial charge in [-0.1, -0.05) is 6.07 Å². The first-order valence-corrected chi connectivity index (χ1v) is 7.04. The van der Waals surface area contributed by atoms with Crippen LogP contribution in [-0.4, -0.2) is 56.3 Å². The summed E-state index contributed by atoms with van der Waals surface area (Å²) in [5.74, 6) is 1.00. The monoisotopic (exact) mass is 262 g/mol. The summed E-state index contributed by atoms with van der Waals surface area (Å²) < 4.78 is 11.2. The van der Waals surface area contributed by atoms with Gasteiger partial charge in [-0.25, -0.2) is 0 Å². The molecule has 0 saturated carbocycles. The number of rotatable bonds is 4. The molecule has 19 heavy (non-hydrogen) atoms. The molecule has 4 nitrogen and oxygen atoms in total. The van der Waals surface area contributed by atoms with Crippen LogP contribution in [-0.2, 0) is 17.8 Å². The van der Waals surface area contributed by atoms with Gasteiger partial charge in [0, 0.05) is 32.7 Å². The highest BCUT2D eigenvalue weighted by Gasteiger charge is 2.16. The maximum Gasteiger partial charge on any atom is 0.119 e. The quantitative estimate of drug-likeness (QED) is 0.817. The van der Waals surface area contributed by atoms with Gasteiger partial charge in [-0.2, -0.15) is 0 Å². The van der Waals surface area contributed by atoms with Crippen molar-refractivity contribution in [3.05, 3.63) is 29.3 Å². The van der Waals surface area contributed by atoms with Crippen molar-refractivity contribution < 1.29 is 9.47 Å². The minimum absolute atomic E-state index is 0.759. The summed E-state index contributed by atoms with van der Waals surface area (Å²) in [6.07, 6.45) is 0. The summed E-state index contributed by atoms with van der Waals surface area (Å²) >= 11 is 0. The van der Waals surface area contributed by atoms with E-state index in [0.29, 0.717) is 0 Å². The van der Waals surface area contributed by atoms with Crippen molar-refractivity contribution in [2.24, 2.45) is 0 Å². The van der Waals surface area contributed by atoms with E-state index in [1.165, 1.54) is 11.1 Å². The van der Waals surface area contributed by atoms with Gasteiger partial charge >= 0.3 is 0 Å². The molecule has 0 bridgehead atoms. The van der Waals surface area contributed by atoms with E-state index < -0.39 is 0 Å². The van der Waals surface area contributed by atoms with Gasteiger partial charge in [-0.05, 0) is 30.3 Å². The molecule has 3 rings (SSSR count). The predicted molar refractivity (Wildman–Crippen MR) is 74.4 cm³/mol. The van der Waals surface area contributed by atoms with Crippen molar-refractivity contribution in [3.8, 4) is 5.75 Å². The maximum atomic E-state index is 5.87. The van der Waals surface area contributed by atoms with Crippen LogP contribution in [0.5, 0.6) is 5.75 Å². The van der Waals surface area contributed by atoms with Crippen molar-refractivity contribution in [3.63, 3.8) is 0 Å². The van der Waals surface area contributed by atoms with Gasteiger partial charge in [0.2, 0.25) is 0 Å². The van der Waals surface area contributed by atoms with Gasteiger partial charge in [0.25, 0.3) is 0 Å². The number of ether oxygens (including phenoxy) is 2. The number of morpholine rings is 1. The Bertz CT molecular complexity index is 430. The molecule has 2 aliphatic heterocycles. The van der Waals surface area contributed by atoms with Crippen LogP contribution in [0.1, 0.15) is 11.1 Å². The van der Waals surface area contributed by atoms with E-state index in [0.717, 1.165) is 58.3 Å². The van der Waals surface area contributed by atoms with Gasteiger partial charge in [-0.15, -0.1) is 0 Å². The first-order valence-electron chi connectivity index (χ1n) is 7.04. The van der Waals surface area contributed by atoms with Crippen LogP contribution < -0.4 is 4.74 Å². The Kier molecular flexibility index (Phi) is 4.01. The predicted octanol–water partition coefficient (Wildman–Crippen LogP) is 1.34. The number of hydrogen-bond donors (Lipinski definition) is 0. The molecule has 1 saturated heterocycles. The van der Waals surface area contributed by atoms with Gasteiger partial charge in [-0.3, -0.25) is 9.80 Å². The number of benzene rings is 1. The fourth-order valence-electron chi connectivity index (χ4n) is 2.75. The lowest BCUT2D eigenvalue weighted by molar-refractivity contribution is 0.0322. The second-order valence-electron chi connectivity index (χ2n) is 5.41. The summed E-state index contributed by atoms with van der Waals surface area (Å²) in [6, 6.07) is 6.48. The molecule has 1 aromatic rings. The zero-order chi connectivity index (χ0) is 13.1. The first-order chi connectivity index (χ1) is 9.31. The van der Waals surface area contributed by atoms with E-state index >= 15 is 0 Å². The standard InChI is InChI=1S/C15H22N2O2/c1-16-11-13-2-3-15(10-14(13)12-16)19-9-6-17-4-7-18-8-5-17/h2-3,10H,4-9,11-12H2,1H3. The van der Waals surface area contributed by atoms with Crippen molar-refractivity contribution in [2.75, 3.05) is 46.5 Å². The minimum atomic E-state index is 0.759. The van der Waals surface area contributed by atoms with Crippen molar-refractivity contribution >= 4 is 0 Å². The van der Waals surface area contributed by atoms with E-state index in [2.05, 4.69) is 35.0 Å². The fraction of sp³-hybridized carbons (Fsp3) is 0.600. The Hall–Kier alpha value is -1.10. The molecule has 0 N–H and O–H groups in total. The molecule has 0 radical (unpaired) electrons. The molecule has 104 valence electrons. The van der Waals surface area contributed by atoms with Crippen LogP contribution >= 0.6 is 0 Å². The van der Waals surface area contributed by atoms with Gasteiger partial charge in [0.05, 0.1) is 13.2 Å².